The fraction of sp³-hybridized carbons (Fsp3) is 0.409. The molecule has 3 nitrogen and oxygen atoms in total. The summed E-state index contributed by atoms with van der Waals surface area (Å²) in [5, 5.41) is 0. The van der Waals surface area contributed by atoms with Crippen LogP contribution < -0.4 is 4.74 Å². The van der Waals surface area contributed by atoms with Crippen LogP contribution in [-0.4, -0.2) is 25.0 Å². The Morgan fingerprint density at radius 3 is 2.64 bits per heavy atom. The summed E-state index contributed by atoms with van der Waals surface area (Å²) in [5.74, 6) is 2.19. The lowest BCUT2D eigenvalue weighted by Crippen LogP contribution is -2.33. The van der Waals surface area contributed by atoms with E-state index < -0.39 is 0 Å². The Balaban J connectivity index is 1.65. The predicted molar refractivity (Wildman–Crippen MR) is 101 cm³/mol. The van der Waals surface area contributed by atoms with Crippen LogP contribution in [0.25, 0.3) is 0 Å². The topological polar surface area (TPSA) is 29.5 Å². The second kappa shape index (κ2) is 7.73. The summed E-state index contributed by atoms with van der Waals surface area (Å²) >= 11 is 0. The fourth-order valence-electron chi connectivity index (χ4n) is 3.79. The number of ether oxygens (including phenoxy) is 1. The van der Waals surface area contributed by atoms with Crippen molar-refractivity contribution in [1.82, 2.24) is 4.90 Å². The van der Waals surface area contributed by atoms with Gasteiger partial charge in [0.05, 0.1) is 7.11 Å². The minimum absolute atomic E-state index is 0.102. The summed E-state index contributed by atoms with van der Waals surface area (Å²) in [6, 6.07) is 18.4. The molecule has 0 heterocycles. The largest absolute Gasteiger partial charge is 0.497 e. The number of rotatable bonds is 7. The lowest BCUT2D eigenvalue weighted by atomic mass is 9.95. The molecule has 0 aromatic heterocycles. The third kappa shape index (κ3) is 4.04. The van der Waals surface area contributed by atoms with E-state index in [1.807, 2.05) is 42.3 Å². The van der Waals surface area contributed by atoms with Crippen LogP contribution in [0.5, 0.6) is 5.75 Å². The molecule has 0 radical (unpaired) electrons. The van der Waals surface area contributed by atoms with Crippen molar-refractivity contribution in [3.63, 3.8) is 0 Å². The quantitative estimate of drug-likeness (QED) is 0.745. The Hall–Kier alpha value is -2.29. The van der Waals surface area contributed by atoms with Gasteiger partial charge in [-0.05, 0) is 47.9 Å². The lowest BCUT2D eigenvalue weighted by molar-refractivity contribution is -0.135. The minimum atomic E-state index is 0.102. The van der Waals surface area contributed by atoms with Crippen molar-refractivity contribution in [2.45, 2.75) is 32.2 Å². The van der Waals surface area contributed by atoms with Crippen LogP contribution in [0.1, 0.15) is 36.8 Å². The van der Waals surface area contributed by atoms with Gasteiger partial charge < -0.3 is 9.64 Å². The number of hydrogen-bond donors (Lipinski definition) is 0. The van der Waals surface area contributed by atoms with Gasteiger partial charge in [0.1, 0.15) is 5.75 Å². The zero-order valence-electron chi connectivity index (χ0n) is 15.3. The number of carbonyl (C=O) groups is 1. The Labute approximate surface area is 150 Å². The molecule has 2 aromatic carbocycles. The van der Waals surface area contributed by atoms with Crippen molar-refractivity contribution in [2.75, 3.05) is 14.2 Å². The van der Waals surface area contributed by atoms with Crippen molar-refractivity contribution >= 4 is 5.91 Å². The average Bonchev–Trinajstić information content (AvgIpc) is 3.43. The Morgan fingerprint density at radius 1 is 1.20 bits per heavy atom. The SMILES string of the molecule is CCC(C(=O)N(C)Cc1ccccc1)C1CC1c1cccc(OC)c1. The molecule has 0 aliphatic heterocycles. The summed E-state index contributed by atoms with van der Waals surface area (Å²) in [7, 11) is 3.61. The lowest BCUT2D eigenvalue weighted by Gasteiger charge is -2.23. The maximum atomic E-state index is 13.0. The zero-order chi connectivity index (χ0) is 17.8. The molecule has 1 aliphatic rings. The van der Waals surface area contributed by atoms with Gasteiger partial charge in [0.2, 0.25) is 5.91 Å². The molecule has 0 bridgehead atoms. The van der Waals surface area contributed by atoms with Gasteiger partial charge >= 0.3 is 0 Å². The first-order valence-corrected chi connectivity index (χ1v) is 9.07. The van der Waals surface area contributed by atoms with Crippen molar-refractivity contribution in [3.8, 4) is 5.75 Å². The van der Waals surface area contributed by atoms with E-state index in [2.05, 4.69) is 31.2 Å². The Kier molecular flexibility index (Phi) is 5.42. The van der Waals surface area contributed by atoms with E-state index in [0.29, 0.717) is 18.4 Å². The molecular formula is C22H27NO2. The van der Waals surface area contributed by atoms with Gasteiger partial charge in [0, 0.05) is 19.5 Å². The van der Waals surface area contributed by atoms with Crippen LogP contribution in [0.4, 0.5) is 0 Å². The highest BCUT2D eigenvalue weighted by Gasteiger charge is 2.46. The standard InChI is InChI=1S/C22H27NO2/c1-4-19(22(24)23(2)15-16-9-6-5-7-10-16)21-14-20(21)17-11-8-12-18(13-17)25-3/h5-13,19-21H,4,14-15H2,1-3H3. The third-order valence-electron chi connectivity index (χ3n) is 5.27. The first-order valence-electron chi connectivity index (χ1n) is 9.07. The van der Waals surface area contributed by atoms with Crippen LogP contribution in [-0.2, 0) is 11.3 Å². The average molecular weight is 337 g/mol. The van der Waals surface area contributed by atoms with E-state index in [-0.39, 0.29) is 11.8 Å². The molecule has 132 valence electrons. The summed E-state index contributed by atoms with van der Waals surface area (Å²) in [6.45, 7) is 2.80. The van der Waals surface area contributed by atoms with E-state index in [0.717, 1.165) is 18.6 Å². The smallest absolute Gasteiger partial charge is 0.226 e. The molecule has 1 amide bonds. The molecule has 2 aromatic rings. The summed E-state index contributed by atoms with van der Waals surface area (Å²) in [6.07, 6.45) is 1.99. The highest BCUT2D eigenvalue weighted by molar-refractivity contribution is 5.79. The number of nitrogens with zero attached hydrogens (tertiary/aromatic N) is 1. The van der Waals surface area contributed by atoms with Crippen molar-refractivity contribution in [1.29, 1.82) is 0 Å². The maximum absolute atomic E-state index is 13.0. The summed E-state index contributed by atoms with van der Waals surface area (Å²) < 4.78 is 5.33. The molecule has 1 fully saturated rings. The molecule has 0 N–H and O–H groups in total. The molecule has 3 atom stereocenters. The maximum Gasteiger partial charge on any atom is 0.226 e. The number of hydrogen-bond acceptors (Lipinski definition) is 2. The highest BCUT2D eigenvalue weighted by atomic mass is 16.5. The van der Waals surface area contributed by atoms with Gasteiger partial charge in [0.25, 0.3) is 0 Å². The third-order valence-corrected chi connectivity index (χ3v) is 5.27. The van der Waals surface area contributed by atoms with Gasteiger partial charge in [-0.1, -0.05) is 49.4 Å². The molecule has 1 saturated carbocycles. The van der Waals surface area contributed by atoms with Crippen LogP contribution in [0.2, 0.25) is 0 Å². The number of carbonyl (C=O) groups excluding carboxylic acids is 1. The van der Waals surface area contributed by atoms with Crippen LogP contribution in [0.15, 0.2) is 54.6 Å². The fourth-order valence-corrected chi connectivity index (χ4v) is 3.79. The van der Waals surface area contributed by atoms with Gasteiger partial charge in [-0.25, -0.2) is 0 Å². The first-order chi connectivity index (χ1) is 12.1. The highest BCUT2D eigenvalue weighted by Crippen LogP contribution is 2.53. The zero-order valence-corrected chi connectivity index (χ0v) is 15.3. The molecule has 3 rings (SSSR count). The first kappa shape index (κ1) is 17.5. The molecule has 0 saturated heterocycles. The van der Waals surface area contributed by atoms with Gasteiger partial charge in [-0.2, -0.15) is 0 Å². The van der Waals surface area contributed by atoms with E-state index >= 15 is 0 Å². The molecule has 3 unspecified atom stereocenters. The van der Waals surface area contributed by atoms with E-state index in [1.54, 1.807) is 7.11 Å². The number of amides is 1. The van der Waals surface area contributed by atoms with E-state index in [1.165, 1.54) is 11.1 Å². The van der Waals surface area contributed by atoms with E-state index in [4.69, 9.17) is 4.74 Å². The Bertz CT molecular complexity index is 713. The second-order valence-corrected chi connectivity index (χ2v) is 6.98. The van der Waals surface area contributed by atoms with Crippen LogP contribution in [0.3, 0.4) is 0 Å². The van der Waals surface area contributed by atoms with Gasteiger partial charge in [-0.15, -0.1) is 0 Å². The van der Waals surface area contributed by atoms with E-state index in [9.17, 15) is 4.79 Å². The van der Waals surface area contributed by atoms with Crippen molar-refractivity contribution < 1.29 is 9.53 Å². The monoisotopic (exact) mass is 337 g/mol. The van der Waals surface area contributed by atoms with Crippen LogP contribution >= 0.6 is 0 Å². The molecule has 0 spiro atoms. The Morgan fingerprint density at radius 2 is 1.96 bits per heavy atom. The van der Waals surface area contributed by atoms with Gasteiger partial charge in [-0.3, -0.25) is 4.79 Å². The molecule has 1 aliphatic carbocycles. The molecule has 25 heavy (non-hydrogen) atoms. The van der Waals surface area contributed by atoms with Crippen molar-refractivity contribution in [2.24, 2.45) is 11.8 Å². The normalized spacial score (nSPS) is 20.0. The summed E-state index contributed by atoms with van der Waals surface area (Å²) in [4.78, 5) is 14.8. The summed E-state index contributed by atoms with van der Waals surface area (Å²) in [5.41, 5.74) is 2.47. The minimum Gasteiger partial charge on any atom is -0.497 e. The predicted octanol–water partition coefficient (Wildman–Crippen LogP) is 4.48. The van der Waals surface area contributed by atoms with Gasteiger partial charge in [0.15, 0.2) is 0 Å². The second-order valence-electron chi connectivity index (χ2n) is 6.98. The molecular weight excluding hydrogens is 310 g/mol. The van der Waals surface area contributed by atoms with Crippen LogP contribution in [0, 0.1) is 11.8 Å². The number of benzene rings is 2. The molecule has 3 heteroatoms. The van der Waals surface area contributed by atoms with Crippen molar-refractivity contribution in [3.05, 3.63) is 65.7 Å². The number of methoxy groups -OCH3 is 1.